The zero-order chi connectivity index (χ0) is 14.3. The van der Waals surface area contributed by atoms with E-state index in [1.54, 1.807) is 0 Å². The second-order valence-corrected chi connectivity index (χ2v) is 7.02. The van der Waals surface area contributed by atoms with Gasteiger partial charge >= 0.3 is 0 Å². The van der Waals surface area contributed by atoms with Crippen LogP contribution in [-0.2, 0) is 12.1 Å². The average molecular weight is 348 g/mol. The number of nitrogens with one attached hydrogen (secondary N) is 1. The highest BCUT2D eigenvalue weighted by atomic mass is 79.9. The molecule has 21 heavy (non-hydrogen) atoms. The molecule has 2 fully saturated rings. The molecule has 110 valence electrons. The zero-order valence-electron chi connectivity index (χ0n) is 11.8. The normalized spacial score (nSPS) is 20.2. The first-order chi connectivity index (χ1) is 10.3. The van der Waals surface area contributed by atoms with E-state index >= 15 is 0 Å². The lowest BCUT2D eigenvalue weighted by molar-refractivity contribution is 0.177. The molecule has 0 unspecified atom stereocenters. The molecule has 0 amide bonds. The molecule has 0 spiro atoms. The molecule has 1 N–H and O–H groups in total. The molecule has 2 aliphatic carbocycles. The van der Waals surface area contributed by atoms with Crippen LogP contribution < -0.4 is 5.32 Å². The molecule has 5 heteroatoms. The van der Waals surface area contributed by atoms with Gasteiger partial charge in [-0.05, 0) is 49.8 Å². The second-order valence-electron chi connectivity index (χ2n) is 6.11. The molecular weight excluding hydrogens is 330 g/mol. The Hall–Kier alpha value is -1.20. The van der Waals surface area contributed by atoms with Crippen LogP contribution in [0.15, 0.2) is 33.2 Å². The third-order valence-corrected chi connectivity index (χ3v) is 5.06. The van der Waals surface area contributed by atoms with Gasteiger partial charge in [-0.2, -0.15) is 0 Å². The summed E-state index contributed by atoms with van der Waals surface area (Å²) >= 11 is 3.56. The summed E-state index contributed by atoms with van der Waals surface area (Å²) in [6.07, 6.45) is 5.96. The summed E-state index contributed by atoms with van der Waals surface area (Å²) in [5.41, 5.74) is 1.41. The Kier molecular flexibility index (Phi) is 3.34. The maximum Gasteiger partial charge on any atom is 0.230 e. The van der Waals surface area contributed by atoms with Crippen molar-refractivity contribution in [3.63, 3.8) is 0 Å². The Bertz CT molecular complexity index is 646. The second kappa shape index (κ2) is 5.21. The summed E-state index contributed by atoms with van der Waals surface area (Å²) in [4.78, 5) is 0. The predicted octanol–water partition coefficient (Wildman–Crippen LogP) is 3.88. The third-order valence-electron chi connectivity index (χ3n) is 4.57. The molecule has 1 heterocycles. The minimum atomic E-state index is 0.0675. The molecule has 4 nitrogen and oxygen atoms in total. The van der Waals surface area contributed by atoms with Crippen molar-refractivity contribution in [3.05, 3.63) is 46.1 Å². The molecular formula is C16H18BrN3O. The van der Waals surface area contributed by atoms with E-state index in [9.17, 15) is 0 Å². The summed E-state index contributed by atoms with van der Waals surface area (Å²) in [5, 5.41) is 12.0. The van der Waals surface area contributed by atoms with E-state index in [-0.39, 0.29) is 5.54 Å². The molecule has 0 atom stereocenters. The van der Waals surface area contributed by atoms with Crippen molar-refractivity contribution in [1.82, 2.24) is 15.5 Å². The van der Waals surface area contributed by atoms with Gasteiger partial charge in [0.2, 0.25) is 11.8 Å². The van der Waals surface area contributed by atoms with E-state index in [0.29, 0.717) is 18.4 Å². The zero-order valence-corrected chi connectivity index (χ0v) is 13.4. The van der Waals surface area contributed by atoms with Crippen LogP contribution in [0, 0.1) is 0 Å². The van der Waals surface area contributed by atoms with E-state index in [4.69, 9.17) is 4.42 Å². The molecule has 2 aliphatic rings. The lowest BCUT2D eigenvalue weighted by Crippen LogP contribution is -2.47. The summed E-state index contributed by atoms with van der Waals surface area (Å²) < 4.78 is 6.86. The predicted molar refractivity (Wildman–Crippen MR) is 82.8 cm³/mol. The van der Waals surface area contributed by atoms with Gasteiger partial charge in [-0.3, -0.25) is 5.32 Å². The van der Waals surface area contributed by atoms with Gasteiger partial charge in [-0.25, -0.2) is 0 Å². The van der Waals surface area contributed by atoms with Crippen LogP contribution >= 0.6 is 15.9 Å². The van der Waals surface area contributed by atoms with E-state index in [2.05, 4.69) is 55.7 Å². The number of nitrogens with zero attached hydrogens (tertiary/aromatic N) is 2. The molecule has 1 aromatic heterocycles. The first-order valence-electron chi connectivity index (χ1n) is 7.59. The maximum atomic E-state index is 5.74. The molecule has 2 saturated carbocycles. The van der Waals surface area contributed by atoms with E-state index < -0.39 is 0 Å². The highest BCUT2D eigenvalue weighted by Crippen LogP contribution is 2.42. The molecule has 0 radical (unpaired) electrons. The fourth-order valence-corrected chi connectivity index (χ4v) is 3.36. The molecule has 4 rings (SSSR count). The SMILES string of the molecule is Brc1cccc(C2(NCc3nnc(C4CC4)o3)CCC2)c1. The Balaban J connectivity index is 1.48. The first kappa shape index (κ1) is 13.5. The maximum absolute atomic E-state index is 5.74. The fraction of sp³-hybridized carbons (Fsp3) is 0.500. The number of hydrogen-bond donors (Lipinski definition) is 1. The van der Waals surface area contributed by atoms with Crippen molar-refractivity contribution in [2.24, 2.45) is 0 Å². The van der Waals surface area contributed by atoms with Gasteiger partial charge in [-0.1, -0.05) is 28.1 Å². The van der Waals surface area contributed by atoms with Crippen molar-refractivity contribution in [2.45, 2.75) is 50.1 Å². The van der Waals surface area contributed by atoms with E-state index in [1.807, 2.05) is 0 Å². The summed E-state index contributed by atoms with van der Waals surface area (Å²) in [7, 11) is 0. The highest BCUT2D eigenvalue weighted by Gasteiger charge is 2.38. The Labute approximate surface area is 132 Å². The van der Waals surface area contributed by atoms with Crippen molar-refractivity contribution < 1.29 is 4.42 Å². The summed E-state index contributed by atoms with van der Waals surface area (Å²) in [5.74, 6) is 2.05. The Morgan fingerprint density at radius 3 is 2.81 bits per heavy atom. The van der Waals surface area contributed by atoms with Crippen LogP contribution in [0.3, 0.4) is 0 Å². The molecule has 0 aliphatic heterocycles. The van der Waals surface area contributed by atoms with Crippen molar-refractivity contribution in [2.75, 3.05) is 0 Å². The number of hydrogen-bond acceptors (Lipinski definition) is 4. The van der Waals surface area contributed by atoms with Crippen LogP contribution in [-0.4, -0.2) is 10.2 Å². The fourth-order valence-electron chi connectivity index (χ4n) is 2.96. The lowest BCUT2D eigenvalue weighted by Gasteiger charge is -2.43. The topological polar surface area (TPSA) is 51.0 Å². The first-order valence-corrected chi connectivity index (χ1v) is 8.38. The quantitative estimate of drug-likeness (QED) is 0.891. The minimum Gasteiger partial charge on any atom is -0.424 e. The number of benzene rings is 1. The van der Waals surface area contributed by atoms with E-state index in [1.165, 1.54) is 24.8 Å². The highest BCUT2D eigenvalue weighted by molar-refractivity contribution is 9.10. The smallest absolute Gasteiger partial charge is 0.230 e. The third kappa shape index (κ3) is 2.64. The van der Waals surface area contributed by atoms with Gasteiger partial charge < -0.3 is 4.42 Å². The largest absolute Gasteiger partial charge is 0.424 e. The standard InChI is InChI=1S/C16H18BrN3O/c17-13-4-1-3-12(9-13)16(7-2-8-16)18-10-14-19-20-15(21-14)11-5-6-11/h1,3-4,9,11,18H,2,5-8,10H2. The molecule has 1 aromatic carbocycles. The average Bonchev–Trinajstić information content (AvgIpc) is 3.18. The Morgan fingerprint density at radius 1 is 1.29 bits per heavy atom. The van der Waals surface area contributed by atoms with Gasteiger partial charge in [0, 0.05) is 15.9 Å². The Morgan fingerprint density at radius 2 is 2.14 bits per heavy atom. The van der Waals surface area contributed by atoms with E-state index in [0.717, 1.165) is 23.2 Å². The number of rotatable bonds is 5. The van der Waals surface area contributed by atoms with Crippen molar-refractivity contribution in [1.29, 1.82) is 0 Å². The molecule has 2 aromatic rings. The van der Waals surface area contributed by atoms with Crippen LogP contribution in [0.5, 0.6) is 0 Å². The summed E-state index contributed by atoms with van der Waals surface area (Å²) in [6, 6.07) is 8.56. The van der Waals surface area contributed by atoms with Gasteiger partial charge in [-0.15, -0.1) is 10.2 Å². The van der Waals surface area contributed by atoms with Gasteiger partial charge in [0.1, 0.15) is 0 Å². The summed E-state index contributed by atoms with van der Waals surface area (Å²) in [6.45, 7) is 0.645. The van der Waals surface area contributed by atoms with Gasteiger partial charge in [0.05, 0.1) is 6.54 Å². The molecule has 0 saturated heterocycles. The minimum absolute atomic E-state index is 0.0675. The van der Waals surface area contributed by atoms with Crippen molar-refractivity contribution >= 4 is 15.9 Å². The number of halogens is 1. The lowest BCUT2D eigenvalue weighted by atomic mass is 9.72. The van der Waals surface area contributed by atoms with Crippen molar-refractivity contribution in [3.8, 4) is 0 Å². The van der Waals surface area contributed by atoms with Gasteiger partial charge in [0.25, 0.3) is 0 Å². The van der Waals surface area contributed by atoms with Crippen LogP contribution in [0.4, 0.5) is 0 Å². The number of aromatic nitrogens is 2. The van der Waals surface area contributed by atoms with Crippen LogP contribution in [0.2, 0.25) is 0 Å². The van der Waals surface area contributed by atoms with Crippen LogP contribution in [0.25, 0.3) is 0 Å². The van der Waals surface area contributed by atoms with Crippen LogP contribution in [0.1, 0.15) is 55.4 Å². The monoisotopic (exact) mass is 347 g/mol. The molecule has 0 bridgehead atoms. The van der Waals surface area contributed by atoms with Gasteiger partial charge in [0.15, 0.2) is 0 Å².